The summed E-state index contributed by atoms with van der Waals surface area (Å²) in [5.74, 6) is 0.356. The fourth-order valence-corrected chi connectivity index (χ4v) is 8.03. The summed E-state index contributed by atoms with van der Waals surface area (Å²) in [6.45, 7) is 11.3. The number of aryl methyl sites for hydroxylation is 3. The van der Waals surface area contributed by atoms with Crippen molar-refractivity contribution in [3.05, 3.63) is 145 Å². The molecule has 0 aliphatic heterocycles. The highest BCUT2D eigenvalue weighted by atomic mass is 15.0. The van der Waals surface area contributed by atoms with Crippen LogP contribution in [0.2, 0.25) is 0 Å². The van der Waals surface area contributed by atoms with Crippen LogP contribution in [0.15, 0.2) is 122 Å². The molecule has 0 saturated carbocycles. The second kappa shape index (κ2) is 11.5. The Morgan fingerprint density at radius 2 is 0.960 bits per heavy atom. The second-order valence-electron chi connectivity index (χ2n) is 13.6. The highest BCUT2D eigenvalue weighted by Crippen LogP contribution is 2.44. The van der Waals surface area contributed by atoms with Crippen LogP contribution in [0.25, 0.3) is 77.2 Å². The molecule has 242 valence electrons. The maximum absolute atomic E-state index is 4.47. The third-order valence-corrected chi connectivity index (χ3v) is 10.2. The SMILES string of the molecule is Cc1cc(-n2c3ccncc3c3cnccc32)ccc1-c1c(C)cc(-n2c3ccncc3c3cnccc32)cc1-c1c(C)cccc1C(C)C. The van der Waals surface area contributed by atoms with Gasteiger partial charge in [0.1, 0.15) is 0 Å². The van der Waals surface area contributed by atoms with Crippen molar-refractivity contribution in [1.29, 1.82) is 0 Å². The van der Waals surface area contributed by atoms with Gasteiger partial charge >= 0.3 is 0 Å². The van der Waals surface area contributed by atoms with Crippen molar-refractivity contribution in [3.63, 3.8) is 0 Å². The Balaban J connectivity index is 1.32. The van der Waals surface area contributed by atoms with Crippen LogP contribution in [0.4, 0.5) is 0 Å². The topological polar surface area (TPSA) is 61.4 Å². The molecule has 6 heteroatoms. The van der Waals surface area contributed by atoms with Crippen molar-refractivity contribution in [2.24, 2.45) is 0 Å². The Kier molecular flexibility index (Phi) is 6.88. The Morgan fingerprint density at radius 3 is 1.46 bits per heavy atom. The average Bonchev–Trinajstić information content (AvgIpc) is 3.65. The minimum absolute atomic E-state index is 0.356. The summed E-state index contributed by atoms with van der Waals surface area (Å²) in [5, 5.41) is 4.40. The van der Waals surface area contributed by atoms with Crippen molar-refractivity contribution < 1.29 is 0 Å². The largest absolute Gasteiger partial charge is 0.309 e. The minimum Gasteiger partial charge on any atom is -0.309 e. The smallest absolute Gasteiger partial charge is 0.0572 e. The number of aromatic nitrogens is 6. The first kappa shape index (κ1) is 30.0. The number of nitrogens with zero attached hydrogens (tertiary/aromatic N) is 6. The first-order chi connectivity index (χ1) is 24.4. The van der Waals surface area contributed by atoms with Crippen LogP contribution in [-0.2, 0) is 0 Å². The van der Waals surface area contributed by atoms with Crippen molar-refractivity contribution in [1.82, 2.24) is 29.1 Å². The first-order valence-electron chi connectivity index (χ1n) is 17.1. The van der Waals surface area contributed by atoms with E-state index in [1.807, 2.05) is 49.6 Å². The standard InChI is InChI=1S/C44H36N6/c1-26(2)32-8-6-7-27(3)43(32)34-21-31(50-41-13-17-47-24-37(41)38-25-48-18-14-42(38)50)20-29(5)44(34)33-10-9-30(19-28(33)4)49-39-11-15-45-22-35(39)36-23-46-16-12-40(36)49/h6-26H,1-5H3. The van der Waals surface area contributed by atoms with E-state index in [-0.39, 0.29) is 0 Å². The molecule has 50 heavy (non-hydrogen) atoms. The van der Waals surface area contributed by atoms with Gasteiger partial charge in [0.25, 0.3) is 0 Å². The predicted molar refractivity (Wildman–Crippen MR) is 205 cm³/mol. The van der Waals surface area contributed by atoms with Gasteiger partial charge in [-0.15, -0.1) is 0 Å². The van der Waals surface area contributed by atoms with Gasteiger partial charge in [-0.05, 0) is 120 Å². The van der Waals surface area contributed by atoms with Crippen molar-refractivity contribution in [2.45, 2.75) is 40.5 Å². The summed E-state index contributed by atoms with van der Waals surface area (Å²) in [6, 6.07) is 26.7. The number of hydrogen-bond donors (Lipinski definition) is 0. The van der Waals surface area contributed by atoms with Crippen molar-refractivity contribution in [2.75, 3.05) is 0 Å². The zero-order valence-corrected chi connectivity index (χ0v) is 28.8. The number of hydrogen-bond acceptors (Lipinski definition) is 4. The van der Waals surface area contributed by atoms with Gasteiger partial charge in [0.2, 0.25) is 0 Å². The number of benzene rings is 3. The quantitative estimate of drug-likeness (QED) is 0.186. The van der Waals surface area contributed by atoms with Gasteiger partial charge in [-0.25, -0.2) is 0 Å². The average molecular weight is 649 g/mol. The predicted octanol–water partition coefficient (Wildman–Crippen LogP) is 10.8. The Labute approximate surface area is 290 Å². The molecule has 3 aromatic carbocycles. The highest BCUT2D eigenvalue weighted by Gasteiger charge is 2.22. The monoisotopic (exact) mass is 648 g/mol. The van der Waals surface area contributed by atoms with Gasteiger partial charge in [0.05, 0.1) is 22.1 Å². The molecule has 9 aromatic rings. The summed E-state index contributed by atoms with van der Waals surface area (Å²) >= 11 is 0. The van der Waals surface area contributed by atoms with Crippen LogP contribution in [0.3, 0.4) is 0 Å². The molecule has 0 N–H and O–H groups in total. The van der Waals surface area contributed by atoms with E-state index in [9.17, 15) is 0 Å². The van der Waals surface area contributed by atoms with Crippen LogP contribution in [-0.4, -0.2) is 29.1 Å². The minimum atomic E-state index is 0.356. The van der Waals surface area contributed by atoms with Gasteiger partial charge in [-0.3, -0.25) is 19.9 Å². The van der Waals surface area contributed by atoms with E-state index in [0.29, 0.717) is 5.92 Å². The molecule has 0 spiro atoms. The number of fused-ring (bicyclic) bond motifs is 6. The molecule has 0 amide bonds. The zero-order valence-electron chi connectivity index (χ0n) is 28.8. The summed E-state index contributed by atoms with van der Waals surface area (Å²) in [4.78, 5) is 17.8. The summed E-state index contributed by atoms with van der Waals surface area (Å²) < 4.78 is 4.69. The molecule has 0 aliphatic rings. The lowest BCUT2D eigenvalue weighted by Gasteiger charge is -2.23. The van der Waals surface area contributed by atoms with E-state index in [2.05, 4.69) is 136 Å². The van der Waals surface area contributed by atoms with Gasteiger partial charge in [-0.1, -0.05) is 38.1 Å². The Morgan fingerprint density at radius 1 is 0.460 bits per heavy atom. The van der Waals surface area contributed by atoms with Crippen LogP contribution in [0.5, 0.6) is 0 Å². The van der Waals surface area contributed by atoms with Crippen LogP contribution < -0.4 is 0 Å². The lowest BCUT2D eigenvalue weighted by Crippen LogP contribution is -2.03. The maximum Gasteiger partial charge on any atom is 0.0572 e. The molecule has 6 aromatic heterocycles. The summed E-state index contributed by atoms with van der Waals surface area (Å²) in [7, 11) is 0. The van der Waals surface area contributed by atoms with Gasteiger partial charge in [-0.2, -0.15) is 0 Å². The fraction of sp³-hybridized carbons (Fsp3) is 0.136. The fourth-order valence-electron chi connectivity index (χ4n) is 8.03. The lowest BCUT2D eigenvalue weighted by molar-refractivity contribution is 0.867. The number of pyridine rings is 4. The molecule has 6 heterocycles. The van der Waals surface area contributed by atoms with Gasteiger partial charge in [0.15, 0.2) is 0 Å². The van der Waals surface area contributed by atoms with Crippen LogP contribution in [0, 0.1) is 20.8 Å². The summed E-state index contributed by atoms with van der Waals surface area (Å²) in [6.07, 6.45) is 15.3. The molecule has 0 unspecified atom stereocenters. The molecule has 9 rings (SSSR count). The normalized spacial score (nSPS) is 11.9. The number of rotatable bonds is 5. The Hall–Kier alpha value is -6.14. The molecule has 0 radical (unpaired) electrons. The third-order valence-electron chi connectivity index (χ3n) is 10.2. The molecule has 0 fully saturated rings. The molecule has 6 nitrogen and oxygen atoms in total. The van der Waals surface area contributed by atoms with Crippen LogP contribution >= 0.6 is 0 Å². The van der Waals surface area contributed by atoms with Crippen molar-refractivity contribution >= 4 is 43.6 Å². The van der Waals surface area contributed by atoms with E-state index >= 15 is 0 Å². The van der Waals surface area contributed by atoms with E-state index < -0.39 is 0 Å². The molecular weight excluding hydrogens is 613 g/mol. The van der Waals surface area contributed by atoms with E-state index in [1.165, 1.54) is 44.5 Å². The molecule has 0 atom stereocenters. The zero-order chi connectivity index (χ0) is 34.1. The van der Waals surface area contributed by atoms with E-state index in [1.54, 1.807) is 0 Å². The van der Waals surface area contributed by atoms with Crippen LogP contribution in [0.1, 0.15) is 42.0 Å². The summed E-state index contributed by atoms with van der Waals surface area (Å²) in [5.41, 5.74) is 16.8. The maximum atomic E-state index is 4.47. The molecular formula is C44H36N6. The highest BCUT2D eigenvalue weighted by molar-refractivity contribution is 6.09. The first-order valence-corrected chi connectivity index (χ1v) is 17.1. The lowest BCUT2D eigenvalue weighted by atomic mass is 9.82. The second-order valence-corrected chi connectivity index (χ2v) is 13.6. The van der Waals surface area contributed by atoms with E-state index in [0.717, 1.165) is 55.0 Å². The Bertz CT molecular complexity index is 2680. The van der Waals surface area contributed by atoms with Gasteiger partial charge in [0, 0.05) is 82.5 Å². The molecule has 0 bridgehead atoms. The molecule has 0 saturated heterocycles. The van der Waals surface area contributed by atoms with E-state index in [4.69, 9.17) is 0 Å². The van der Waals surface area contributed by atoms with Gasteiger partial charge < -0.3 is 9.13 Å². The molecule has 0 aliphatic carbocycles. The third kappa shape index (κ3) is 4.48. The van der Waals surface area contributed by atoms with Crippen molar-refractivity contribution in [3.8, 4) is 33.6 Å².